The first-order chi connectivity index (χ1) is 9.72. The van der Waals surface area contributed by atoms with Gasteiger partial charge in [0.15, 0.2) is 6.61 Å². The Morgan fingerprint density at radius 2 is 2.30 bits per heavy atom. The highest BCUT2D eigenvalue weighted by molar-refractivity contribution is 6.35. The smallest absolute Gasteiger partial charge is 0.231 e. The first-order valence-electron chi connectivity index (χ1n) is 6.33. The van der Waals surface area contributed by atoms with Gasteiger partial charge in [0.05, 0.1) is 10.9 Å². The summed E-state index contributed by atoms with van der Waals surface area (Å²) < 4.78 is 10.8. The predicted octanol–water partition coefficient (Wildman–Crippen LogP) is 3.03. The fourth-order valence-electron chi connectivity index (χ4n) is 2.09. The molecule has 1 saturated heterocycles. The van der Waals surface area contributed by atoms with Crippen LogP contribution in [-0.2, 0) is 6.61 Å². The van der Waals surface area contributed by atoms with Crippen LogP contribution in [0, 0.1) is 0 Å². The minimum absolute atomic E-state index is 0.213. The first-order valence-corrected chi connectivity index (χ1v) is 7.09. The largest absolute Gasteiger partial charge is 0.484 e. The maximum Gasteiger partial charge on any atom is 0.231 e. The van der Waals surface area contributed by atoms with Gasteiger partial charge >= 0.3 is 0 Å². The van der Waals surface area contributed by atoms with Gasteiger partial charge in [0, 0.05) is 11.6 Å². The van der Waals surface area contributed by atoms with Crippen LogP contribution in [0.25, 0.3) is 0 Å². The lowest BCUT2D eigenvalue weighted by atomic mass is 10.1. The number of aromatic nitrogens is 2. The van der Waals surface area contributed by atoms with Crippen LogP contribution in [0.2, 0.25) is 10.0 Å². The van der Waals surface area contributed by atoms with Gasteiger partial charge in [-0.25, -0.2) is 0 Å². The van der Waals surface area contributed by atoms with Crippen molar-refractivity contribution in [2.24, 2.45) is 0 Å². The van der Waals surface area contributed by atoms with E-state index in [0.717, 1.165) is 19.5 Å². The van der Waals surface area contributed by atoms with Crippen molar-refractivity contribution in [2.75, 3.05) is 13.1 Å². The summed E-state index contributed by atoms with van der Waals surface area (Å²) >= 11 is 11.8. The number of hydrogen-bond acceptors (Lipinski definition) is 5. The van der Waals surface area contributed by atoms with Gasteiger partial charge < -0.3 is 14.6 Å². The Morgan fingerprint density at radius 1 is 1.40 bits per heavy atom. The predicted molar refractivity (Wildman–Crippen MR) is 75.3 cm³/mol. The summed E-state index contributed by atoms with van der Waals surface area (Å²) in [5, 5.41) is 8.20. The van der Waals surface area contributed by atoms with Gasteiger partial charge in [-0.2, -0.15) is 4.98 Å². The molecule has 1 fully saturated rings. The molecule has 0 spiro atoms. The summed E-state index contributed by atoms with van der Waals surface area (Å²) in [7, 11) is 0. The van der Waals surface area contributed by atoms with E-state index in [1.807, 2.05) is 0 Å². The van der Waals surface area contributed by atoms with Gasteiger partial charge in [0.2, 0.25) is 11.7 Å². The summed E-state index contributed by atoms with van der Waals surface area (Å²) in [5.41, 5.74) is 0. The molecule has 7 heteroatoms. The van der Waals surface area contributed by atoms with Crippen molar-refractivity contribution in [1.29, 1.82) is 0 Å². The Bertz CT molecular complexity index is 597. The number of halogens is 2. The molecule has 0 saturated carbocycles. The average Bonchev–Trinajstić information content (AvgIpc) is 3.08. The zero-order valence-electron chi connectivity index (χ0n) is 10.6. The maximum absolute atomic E-state index is 6.02. The second kappa shape index (κ2) is 5.99. The minimum atomic E-state index is 0.213. The van der Waals surface area contributed by atoms with Crippen molar-refractivity contribution in [1.82, 2.24) is 15.5 Å². The Labute approximate surface area is 126 Å². The van der Waals surface area contributed by atoms with Gasteiger partial charge in [-0.15, -0.1) is 0 Å². The molecule has 2 heterocycles. The zero-order valence-corrected chi connectivity index (χ0v) is 12.1. The Balaban J connectivity index is 1.63. The number of benzene rings is 1. The van der Waals surface area contributed by atoms with Gasteiger partial charge in [-0.1, -0.05) is 28.4 Å². The lowest BCUT2D eigenvalue weighted by Gasteiger charge is -2.05. The fraction of sp³-hybridized carbons (Fsp3) is 0.385. The van der Waals surface area contributed by atoms with Crippen LogP contribution in [-0.4, -0.2) is 23.2 Å². The lowest BCUT2D eigenvalue weighted by molar-refractivity contribution is 0.284. The molecule has 1 N–H and O–H groups in total. The highest BCUT2D eigenvalue weighted by atomic mass is 35.5. The molecule has 20 heavy (non-hydrogen) atoms. The van der Waals surface area contributed by atoms with Crippen LogP contribution in [0.15, 0.2) is 22.7 Å². The van der Waals surface area contributed by atoms with Gasteiger partial charge in [-0.3, -0.25) is 0 Å². The summed E-state index contributed by atoms with van der Waals surface area (Å²) in [5.74, 6) is 2.02. The van der Waals surface area contributed by atoms with Crippen LogP contribution in [0.5, 0.6) is 5.75 Å². The van der Waals surface area contributed by atoms with Crippen molar-refractivity contribution in [2.45, 2.75) is 18.9 Å². The second-order valence-electron chi connectivity index (χ2n) is 4.60. The molecule has 5 nitrogen and oxygen atoms in total. The van der Waals surface area contributed by atoms with Gasteiger partial charge in [0.1, 0.15) is 5.75 Å². The third-order valence-electron chi connectivity index (χ3n) is 3.14. The molecule has 0 aliphatic carbocycles. The molecular weight excluding hydrogens is 301 g/mol. The molecule has 1 aliphatic rings. The summed E-state index contributed by atoms with van der Waals surface area (Å²) in [6, 6.07) is 5.06. The summed E-state index contributed by atoms with van der Waals surface area (Å²) in [4.78, 5) is 4.34. The number of nitrogens with one attached hydrogen (secondary N) is 1. The molecule has 1 aromatic carbocycles. The van der Waals surface area contributed by atoms with E-state index in [4.69, 9.17) is 32.5 Å². The first kappa shape index (κ1) is 13.7. The maximum atomic E-state index is 6.02. The van der Waals surface area contributed by atoms with E-state index < -0.39 is 0 Å². The molecule has 1 aromatic heterocycles. The van der Waals surface area contributed by atoms with E-state index in [1.54, 1.807) is 18.2 Å². The Morgan fingerprint density at radius 3 is 3.05 bits per heavy atom. The monoisotopic (exact) mass is 313 g/mol. The molecule has 1 atom stereocenters. The molecule has 0 radical (unpaired) electrons. The fourth-order valence-corrected chi connectivity index (χ4v) is 2.55. The van der Waals surface area contributed by atoms with E-state index in [1.165, 1.54) is 0 Å². The van der Waals surface area contributed by atoms with E-state index in [9.17, 15) is 0 Å². The van der Waals surface area contributed by atoms with Crippen LogP contribution < -0.4 is 10.1 Å². The number of nitrogens with zero attached hydrogens (tertiary/aromatic N) is 2. The van der Waals surface area contributed by atoms with Crippen molar-refractivity contribution in [3.63, 3.8) is 0 Å². The molecule has 3 rings (SSSR count). The van der Waals surface area contributed by atoms with Crippen LogP contribution >= 0.6 is 23.2 Å². The van der Waals surface area contributed by atoms with Crippen LogP contribution in [0.1, 0.15) is 24.1 Å². The lowest BCUT2D eigenvalue weighted by Crippen LogP contribution is -2.08. The normalized spacial score (nSPS) is 18.4. The highest BCUT2D eigenvalue weighted by Crippen LogP contribution is 2.28. The van der Waals surface area contributed by atoms with Crippen LogP contribution in [0.4, 0.5) is 0 Å². The van der Waals surface area contributed by atoms with Gasteiger partial charge in [0.25, 0.3) is 0 Å². The van der Waals surface area contributed by atoms with Crippen molar-refractivity contribution in [3.8, 4) is 5.75 Å². The minimum Gasteiger partial charge on any atom is -0.484 e. The van der Waals surface area contributed by atoms with Crippen LogP contribution in [0.3, 0.4) is 0 Å². The Hall–Kier alpha value is -1.30. The molecule has 1 aliphatic heterocycles. The van der Waals surface area contributed by atoms with E-state index >= 15 is 0 Å². The zero-order chi connectivity index (χ0) is 13.9. The molecule has 0 unspecified atom stereocenters. The number of hydrogen-bond donors (Lipinski definition) is 1. The van der Waals surface area contributed by atoms with E-state index in [0.29, 0.717) is 33.4 Å². The van der Waals surface area contributed by atoms with Crippen molar-refractivity contribution >= 4 is 23.2 Å². The van der Waals surface area contributed by atoms with Crippen molar-refractivity contribution < 1.29 is 9.26 Å². The Kier molecular flexibility index (Phi) is 4.10. The quantitative estimate of drug-likeness (QED) is 0.940. The molecule has 106 valence electrons. The summed E-state index contributed by atoms with van der Waals surface area (Å²) in [6.07, 6.45) is 1.02. The standard InChI is InChI=1S/C13H13Cl2N3O2/c14-9-1-2-11(10(15)5-9)19-7-12-17-13(20-18-12)8-3-4-16-6-8/h1-2,5,8,16H,3-4,6-7H2/t8-/m1/s1. The molecule has 0 bridgehead atoms. The van der Waals surface area contributed by atoms with E-state index in [2.05, 4.69) is 15.5 Å². The highest BCUT2D eigenvalue weighted by Gasteiger charge is 2.22. The summed E-state index contributed by atoms with van der Waals surface area (Å²) in [6.45, 7) is 2.08. The topological polar surface area (TPSA) is 60.2 Å². The third-order valence-corrected chi connectivity index (χ3v) is 3.67. The molecule has 0 amide bonds. The average molecular weight is 314 g/mol. The molecule has 2 aromatic rings. The number of ether oxygens (including phenoxy) is 1. The SMILES string of the molecule is Clc1ccc(OCc2noc([C@@H]3CCNC3)n2)c(Cl)c1. The van der Waals surface area contributed by atoms with Crippen molar-refractivity contribution in [3.05, 3.63) is 40.0 Å². The molecular formula is C13H13Cl2N3O2. The number of rotatable bonds is 4. The third kappa shape index (κ3) is 3.06. The van der Waals surface area contributed by atoms with Gasteiger partial charge in [-0.05, 0) is 31.2 Å². The van der Waals surface area contributed by atoms with E-state index in [-0.39, 0.29) is 6.61 Å². The second-order valence-corrected chi connectivity index (χ2v) is 5.45.